The van der Waals surface area contributed by atoms with Gasteiger partial charge in [0.1, 0.15) is 5.75 Å². The van der Waals surface area contributed by atoms with Gasteiger partial charge in [0.15, 0.2) is 5.96 Å². The van der Waals surface area contributed by atoms with Gasteiger partial charge in [0.05, 0.1) is 5.69 Å². The Bertz CT molecular complexity index is 646. The van der Waals surface area contributed by atoms with Crippen molar-refractivity contribution in [1.82, 2.24) is 15.1 Å². The number of aliphatic imine (C=N–C) groups is 1. The molecule has 1 unspecified atom stereocenters. The van der Waals surface area contributed by atoms with Crippen LogP contribution in [0.1, 0.15) is 26.7 Å². The topological polar surface area (TPSA) is 54.3 Å². The highest BCUT2D eigenvalue weighted by Crippen LogP contribution is 2.27. The van der Waals surface area contributed by atoms with Crippen molar-refractivity contribution in [3.63, 3.8) is 0 Å². The molecule has 2 heterocycles. The molecular formula is C22H38IN5O. The van der Waals surface area contributed by atoms with Crippen LogP contribution in [0.3, 0.4) is 0 Å². The number of hydrogen-bond acceptors (Lipinski definition) is 4. The number of para-hydroxylation sites is 2. The summed E-state index contributed by atoms with van der Waals surface area (Å²) in [6.07, 6.45) is 2.61. The number of guanidine groups is 1. The molecule has 1 aromatic rings. The highest BCUT2D eigenvalue weighted by Gasteiger charge is 2.24. The first-order valence-electron chi connectivity index (χ1n) is 10.8. The minimum Gasteiger partial charge on any atom is -0.506 e. The van der Waals surface area contributed by atoms with E-state index in [9.17, 15) is 5.11 Å². The van der Waals surface area contributed by atoms with E-state index in [0.717, 1.165) is 50.3 Å². The zero-order chi connectivity index (χ0) is 19.9. The lowest BCUT2D eigenvalue weighted by atomic mass is 9.97. The maximum Gasteiger partial charge on any atom is 0.193 e. The third kappa shape index (κ3) is 6.91. The first-order valence-corrected chi connectivity index (χ1v) is 10.8. The number of halogens is 1. The van der Waals surface area contributed by atoms with E-state index >= 15 is 0 Å². The Kier molecular flexibility index (Phi) is 9.82. The Hall–Kier alpha value is -1.22. The van der Waals surface area contributed by atoms with E-state index in [1.54, 1.807) is 6.07 Å². The number of benzene rings is 1. The molecule has 29 heavy (non-hydrogen) atoms. The van der Waals surface area contributed by atoms with Crippen molar-refractivity contribution < 1.29 is 5.11 Å². The maximum atomic E-state index is 10.1. The van der Waals surface area contributed by atoms with E-state index in [4.69, 9.17) is 0 Å². The average Bonchev–Trinajstić information content (AvgIpc) is 2.69. The van der Waals surface area contributed by atoms with Crippen LogP contribution in [0.25, 0.3) is 0 Å². The molecule has 3 rings (SSSR count). The molecule has 2 aliphatic rings. The second-order valence-corrected chi connectivity index (χ2v) is 8.55. The molecule has 0 saturated carbocycles. The van der Waals surface area contributed by atoms with Crippen molar-refractivity contribution in [3.05, 3.63) is 24.3 Å². The number of piperazine rings is 1. The molecule has 0 bridgehead atoms. The lowest BCUT2D eigenvalue weighted by molar-refractivity contribution is 0.159. The summed E-state index contributed by atoms with van der Waals surface area (Å²) < 4.78 is 0. The Morgan fingerprint density at radius 2 is 1.90 bits per heavy atom. The second kappa shape index (κ2) is 11.8. The van der Waals surface area contributed by atoms with E-state index in [2.05, 4.69) is 38.9 Å². The van der Waals surface area contributed by atoms with E-state index in [1.807, 2.05) is 25.2 Å². The van der Waals surface area contributed by atoms with Gasteiger partial charge in [-0.05, 0) is 43.4 Å². The standard InChI is InChI=1S/C22H37N5O.HI/c1-18(2)16-25-10-6-7-19(17-25)15-24-22(23-3)27-13-11-26(12-14-27)20-8-4-5-9-21(20)28;/h4-5,8-9,18-19,28H,6-7,10-17H2,1-3H3,(H,23,24);1H. The molecule has 6 nitrogen and oxygen atoms in total. The van der Waals surface area contributed by atoms with Gasteiger partial charge in [0.25, 0.3) is 0 Å². The quantitative estimate of drug-likeness (QED) is 0.359. The number of phenols is 1. The number of nitrogens with one attached hydrogen (secondary N) is 1. The van der Waals surface area contributed by atoms with Gasteiger partial charge >= 0.3 is 0 Å². The molecule has 2 saturated heterocycles. The molecule has 0 aliphatic carbocycles. The van der Waals surface area contributed by atoms with Crippen LogP contribution in [0.2, 0.25) is 0 Å². The summed E-state index contributed by atoms with van der Waals surface area (Å²) in [7, 11) is 1.88. The normalized spacial score (nSPS) is 21.2. The highest BCUT2D eigenvalue weighted by molar-refractivity contribution is 14.0. The molecular weight excluding hydrogens is 477 g/mol. The summed E-state index contributed by atoms with van der Waals surface area (Å²) in [6, 6.07) is 7.60. The van der Waals surface area contributed by atoms with Gasteiger partial charge in [-0.25, -0.2) is 0 Å². The van der Waals surface area contributed by atoms with Gasteiger partial charge in [0, 0.05) is 52.9 Å². The monoisotopic (exact) mass is 515 g/mol. The third-order valence-corrected chi connectivity index (χ3v) is 5.79. The molecule has 2 fully saturated rings. The zero-order valence-electron chi connectivity index (χ0n) is 18.2. The summed E-state index contributed by atoms with van der Waals surface area (Å²) >= 11 is 0. The molecule has 164 valence electrons. The van der Waals surface area contributed by atoms with Gasteiger partial charge in [-0.1, -0.05) is 26.0 Å². The van der Waals surface area contributed by atoms with Crippen LogP contribution in [0.5, 0.6) is 5.75 Å². The van der Waals surface area contributed by atoms with Crippen molar-refractivity contribution in [2.45, 2.75) is 26.7 Å². The number of piperidine rings is 1. The minimum absolute atomic E-state index is 0. The first-order chi connectivity index (χ1) is 13.6. The van der Waals surface area contributed by atoms with Crippen molar-refractivity contribution >= 4 is 35.6 Å². The third-order valence-electron chi connectivity index (χ3n) is 5.79. The van der Waals surface area contributed by atoms with Crippen LogP contribution in [0.15, 0.2) is 29.3 Å². The Morgan fingerprint density at radius 1 is 1.17 bits per heavy atom. The summed E-state index contributed by atoms with van der Waals surface area (Å²) in [5.74, 6) is 2.81. The lowest BCUT2D eigenvalue weighted by Crippen LogP contribution is -2.53. The molecule has 0 radical (unpaired) electrons. The van der Waals surface area contributed by atoms with Crippen molar-refractivity contribution in [2.24, 2.45) is 16.8 Å². The molecule has 2 N–H and O–H groups in total. The zero-order valence-corrected chi connectivity index (χ0v) is 20.5. The van der Waals surface area contributed by atoms with Crippen molar-refractivity contribution in [1.29, 1.82) is 0 Å². The molecule has 1 atom stereocenters. The van der Waals surface area contributed by atoms with Crippen LogP contribution in [-0.2, 0) is 0 Å². The number of hydrogen-bond donors (Lipinski definition) is 2. The largest absolute Gasteiger partial charge is 0.506 e. The van der Waals surface area contributed by atoms with Gasteiger partial charge in [-0.15, -0.1) is 24.0 Å². The summed E-state index contributed by atoms with van der Waals surface area (Å²) in [5, 5.41) is 13.7. The summed E-state index contributed by atoms with van der Waals surface area (Å²) in [5.41, 5.74) is 0.928. The van der Waals surface area contributed by atoms with E-state index in [0.29, 0.717) is 11.7 Å². The maximum absolute atomic E-state index is 10.1. The number of rotatable bonds is 5. The number of likely N-dealkylation sites (tertiary alicyclic amines) is 1. The predicted molar refractivity (Wildman–Crippen MR) is 133 cm³/mol. The van der Waals surface area contributed by atoms with Crippen LogP contribution in [0.4, 0.5) is 5.69 Å². The van der Waals surface area contributed by atoms with Gasteiger partial charge < -0.3 is 25.1 Å². The van der Waals surface area contributed by atoms with Gasteiger partial charge in [-0.2, -0.15) is 0 Å². The second-order valence-electron chi connectivity index (χ2n) is 8.55. The Balaban J connectivity index is 0.00000300. The van der Waals surface area contributed by atoms with Gasteiger partial charge in [0.2, 0.25) is 0 Å². The van der Waals surface area contributed by atoms with E-state index in [1.165, 1.54) is 32.5 Å². The predicted octanol–water partition coefficient (Wildman–Crippen LogP) is 3.08. The fourth-order valence-electron chi connectivity index (χ4n) is 4.46. The fraction of sp³-hybridized carbons (Fsp3) is 0.682. The highest BCUT2D eigenvalue weighted by atomic mass is 127. The molecule has 0 amide bonds. The van der Waals surface area contributed by atoms with Crippen molar-refractivity contribution in [3.8, 4) is 5.75 Å². The lowest BCUT2D eigenvalue weighted by Gasteiger charge is -2.39. The number of anilines is 1. The van der Waals surface area contributed by atoms with Crippen LogP contribution in [0, 0.1) is 11.8 Å². The number of phenolic OH excluding ortho intramolecular Hbond substituents is 1. The first kappa shape index (κ1) is 24.1. The SMILES string of the molecule is CN=C(NCC1CCCN(CC(C)C)C1)N1CCN(c2ccccc2O)CC1.I. The fourth-order valence-corrected chi connectivity index (χ4v) is 4.46. The molecule has 7 heteroatoms. The Morgan fingerprint density at radius 3 is 2.55 bits per heavy atom. The van der Waals surface area contributed by atoms with Crippen molar-refractivity contribution in [2.75, 3.05) is 64.3 Å². The summed E-state index contributed by atoms with van der Waals surface area (Å²) in [4.78, 5) is 11.7. The molecule has 1 aromatic carbocycles. The number of aromatic hydroxyl groups is 1. The molecule has 0 aromatic heterocycles. The minimum atomic E-state index is 0. The summed E-state index contributed by atoms with van der Waals surface area (Å²) in [6.45, 7) is 12.9. The molecule has 0 spiro atoms. The Labute approximate surface area is 193 Å². The van der Waals surface area contributed by atoms with Crippen LogP contribution in [-0.4, -0.2) is 80.3 Å². The number of nitrogens with zero attached hydrogens (tertiary/aromatic N) is 4. The van der Waals surface area contributed by atoms with Gasteiger partial charge in [-0.3, -0.25) is 4.99 Å². The molecule has 2 aliphatic heterocycles. The van der Waals surface area contributed by atoms with Crippen LogP contribution < -0.4 is 10.2 Å². The van der Waals surface area contributed by atoms with E-state index < -0.39 is 0 Å². The smallest absolute Gasteiger partial charge is 0.193 e. The average molecular weight is 515 g/mol. The van der Waals surface area contributed by atoms with Crippen LogP contribution >= 0.6 is 24.0 Å². The van der Waals surface area contributed by atoms with E-state index in [-0.39, 0.29) is 24.0 Å².